The van der Waals surface area contributed by atoms with Crippen LogP contribution >= 0.6 is 0 Å². The van der Waals surface area contributed by atoms with Gasteiger partial charge in [-0.3, -0.25) is 4.90 Å². The van der Waals surface area contributed by atoms with E-state index in [1.165, 1.54) is 18.5 Å². The van der Waals surface area contributed by atoms with Crippen LogP contribution in [-0.4, -0.2) is 46.8 Å². The van der Waals surface area contributed by atoms with Gasteiger partial charge in [0.05, 0.1) is 5.69 Å². The molecule has 34 heavy (non-hydrogen) atoms. The molecule has 1 aliphatic carbocycles. The van der Waals surface area contributed by atoms with Gasteiger partial charge in [-0.15, -0.1) is 0 Å². The normalized spacial score (nSPS) is 19.2. The molecule has 0 atom stereocenters. The molecule has 2 aliphatic rings. The monoisotopic (exact) mass is 473 g/mol. The summed E-state index contributed by atoms with van der Waals surface area (Å²) in [6.07, 6.45) is -0.865. The molecule has 1 amide bonds. The number of aromatic nitrogens is 2. The van der Waals surface area contributed by atoms with E-state index in [-0.39, 0.29) is 29.9 Å². The van der Waals surface area contributed by atoms with Gasteiger partial charge >= 0.3 is 6.09 Å². The summed E-state index contributed by atoms with van der Waals surface area (Å²) in [6, 6.07) is 2.45. The summed E-state index contributed by atoms with van der Waals surface area (Å²) in [7, 11) is 0. The van der Waals surface area contributed by atoms with Crippen molar-refractivity contribution in [3.05, 3.63) is 35.9 Å². The number of hydrogen-bond acceptors (Lipinski definition) is 6. The zero-order chi connectivity index (χ0) is 24.1. The molecule has 0 bridgehead atoms. The van der Waals surface area contributed by atoms with Crippen LogP contribution in [0.4, 0.5) is 35.2 Å². The highest BCUT2D eigenvalue weighted by Gasteiger charge is 2.41. The largest absolute Gasteiger partial charge is 0.474 e. The summed E-state index contributed by atoms with van der Waals surface area (Å²) in [6.45, 7) is 2.89. The lowest BCUT2D eigenvalue weighted by molar-refractivity contribution is 0.0224. The third kappa shape index (κ3) is 3.51. The van der Waals surface area contributed by atoms with Crippen molar-refractivity contribution in [2.24, 2.45) is 5.92 Å². The van der Waals surface area contributed by atoms with Gasteiger partial charge in [0, 0.05) is 47.4 Å². The summed E-state index contributed by atoms with van der Waals surface area (Å²) >= 11 is 0. The van der Waals surface area contributed by atoms with Gasteiger partial charge in [-0.1, -0.05) is 0 Å². The predicted molar refractivity (Wildman–Crippen MR) is 121 cm³/mol. The van der Waals surface area contributed by atoms with Crippen molar-refractivity contribution in [3.63, 3.8) is 0 Å². The second kappa shape index (κ2) is 8.23. The number of anilines is 3. The highest BCUT2D eigenvalue weighted by Crippen LogP contribution is 2.41. The molecule has 4 N–H and O–H groups in total. The van der Waals surface area contributed by atoms with Crippen LogP contribution in [0.5, 0.6) is 5.88 Å². The van der Waals surface area contributed by atoms with Crippen molar-refractivity contribution in [1.29, 1.82) is 0 Å². The van der Waals surface area contributed by atoms with E-state index in [1.807, 2.05) is 6.92 Å². The van der Waals surface area contributed by atoms with Crippen LogP contribution < -0.4 is 20.7 Å². The Morgan fingerprint density at radius 1 is 1.26 bits per heavy atom. The van der Waals surface area contributed by atoms with E-state index in [0.29, 0.717) is 41.1 Å². The van der Waals surface area contributed by atoms with Crippen molar-refractivity contribution in [2.75, 3.05) is 29.1 Å². The third-order valence-electron chi connectivity index (χ3n) is 6.55. The Balaban J connectivity index is 1.58. The quantitative estimate of drug-likeness (QED) is 0.472. The number of nitrogens with zero attached hydrogens (tertiary/aromatic N) is 3. The van der Waals surface area contributed by atoms with Crippen LogP contribution in [0.1, 0.15) is 18.4 Å². The van der Waals surface area contributed by atoms with Gasteiger partial charge in [-0.2, -0.15) is 0 Å². The molecule has 2 aromatic heterocycles. The van der Waals surface area contributed by atoms with E-state index in [4.69, 9.17) is 10.5 Å². The van der Waals surface area contributed by atoms with Crippen LogP contribution in [-0.2, 0) is 0 Å². The highest BCUT2D eigenvalue weighted by molar-refractivity contribution is 5.99. The van der Waals surface area contributed by atoms with Gasteiger partial charge < -0.3 is 20.9 Å². The first-order chi connectivity index (χ1) is 16.3. The number of nitrogens with two attached hydrogens (primary N) is 1. The van der Waals surface area contributed by atoms with Gasteiger partial charge in [-0.05, 0) is 42.8 Å². The van der Waals surface area contributed by atoms with Crippen molar-refractivity contribution >= 4 is 34.1 Å². The van der Waals surface area contributed by atoms with Gasteiger partial charge in [0.2, 0.25) is 12.3 Å². The minimum absolute atomic E-state index is 0.0511. The summed E-state index contributed by atoms with van der Waals surface area (Å²) in [4.78, 5) is 21.4. The number of halogens is 3. The second-order valence-electron chi connectivity index (χ2n) is 8.54. The summed E-state index contributed by atoms with van der Waals surface area (Å²) in [5, 5.41) is 13.7. The molecule has 0 radical (unpaired) electrons. The first-order valence-electron chi connectivity index (χ1n) is 10.8. The number of rotatable bonds is 4. The molecule has 178 valence electrons. The lowest BCUT2D eigenvalue weighted by Crippen LogP contribution is -2.49. The Morgan fingerprint density at radius 2 is 2.03 bits per heavy atom. The first kappa shape index (κ1) is 22.1. The molecule has 3 aromatic rings. The van der Waals surface area contributed by atoms with Crippen LogP contribution in [0, 0.1) is 18.7 Å². The molecule has 1 fully saturated rings. The van der Waals surface area contributed by atoms with Gasteiger partial charge in [0.1, 0.15) is 18.1 Å². The van der Waals surface area contributed by atoms with Crippen molar-refractivity contribution < 1.29 is 27.8 Å². The van der Waals surface area contributed by atoms with Gasteiger partial charge in [0.15, 0.2) is 5.82 Å². The number of nitrogen functional groups attached to an aromatic ring is 1. The predicted octanol–water partition coefficient (Wildman–Crippen LogP) is 4.66. The average Bonchev–Trinajstić information content (AvgIpc) is 2.78. The molecule has 5 rings (SSSR count). The Labute approximate surface area is 192 Å². The van der Waals surface area contributed by atoms with Crippen LogP contribution in [0.3, 0.4) is 0 Å². The van der Waals surface area contributed by atoms with Crippen LogP contribution in [0.15, 0.2) is 24.5 Å². The maximum atomic E-state index is 15.3. The fourth-order valence-electron chi connectivity index (χ4n) is 4.59. The lowest BCUT2D eigenvalue weighted by Gasteiger charge is -2.40. The number of ether oxygens (including phenoxy) is 1. The summed E-state index contributed by atoms with van der Waals surface area (Å²) in [5.74, 6) is -0.962. The SMILES string of the molecule is Cc1c(-c2cc3cc(N(C(=O)O)C4CC(C(F)F)C4)ncc3c(N)c2F)cnc2c1NCCO2. The Morgan fingerprint density at radius 3 is 2.74 bits per heavy atom. The summed E-state index contributed by atoms with van der Waals surface area (Å²) < 4.78 is 46.7. The Kier molecular flexibility index (Phi) is 5.34. The molecule has 0 spiro atoms. The van der Waals surface area contributed by atoms with Gasteiger partial charge in [-0.25, -0.2) is 27.9 Å². The van der Waals surface area contributed by atoms with E-state index in [1.54, 1.807) is 6.07 Å². The number of carbonyl (C=O) groups is 1. The third-order valence-corrected chi connectivity index (χ3v) is 6.55. The zero-order valence-corrected chi connectivity index (χ0v) is 18.2. The van der Waals surface area contributed by atoms with Crippen LogP contribution in [0.25, 0.3) is 21.9 Å². The Bertz CT molecular complexity index is 1300. The second-order valence-corrected chi connectivity index (χ2v) is 8.54. The van der Waals surface area contributed by atoms with Gasteiger partial charge in [0.25, 0.3) is 0 Å². The average molecular weight is 473 g/mol. The highest BCUT2D eigenvalue weighted by atomic mass is 19.3. The number of nitrogens with one attached hydrogen (secondary N) is 1. The molecule has 3 heterocycles. The van der Waals surface area contributed by atoms with Crippen molar-refractivity contribution in [2.45, 2.75) is 32.2 Å². The van der Waals surface area contributed by atoms with E-state index in [2.05, 4.69) is 15.3 Å². The lowest BCUT2D eigenvalue weighted by atomic mass is 9.79. The molecular weight excluding hydrogens is 451 g/mol. The molecule has 8 nitrogen and oxygen atoms in total. The number of benzene rings is 1. The van der Waals surface area contributed by atoms with E-state index >= 15 is 4.39 Å². The molecular formula is C23H22F3N5O3. The van der Waals surface area contributed by atoms with E-state index in [9.17, 15) is 18.7 Å². The number of pyridine rings is 2. The van der Waals surface area contributed by atoms with E-state index < -0.39 is 30.3 Å². The molecule has 0 saturated heterocycles. The molecule has 0 unspecified atom stereocenters. The molecule has 11 heteroatoms. The first-order valence-corrected chi connectivity index (χ1v) is 10.8. The van der Waals surface area contributed by atoms with Crippen LogP contribution in [0.2, 0.25) is 0 Å². The zero-order valence-electron chi connectivity index (χ0n) is 18.2. The van der Waals surface area contributed by atoms with Crippen molar-refractivity contribution in [3.8, 4) is 17.0 Å². The number of alkyl halides is 2. The minimum Gasteiger partial charge on any atom is -0.474 e. The topological polar surface area (TPSA) is 114 Å². The Hall–Kier alpha value is -3.76. The number of fused-ring (bicyclic) bond motifs is 2. The number of amides is 1. The maximum absolute atomic E-state index is 15.3. The number of carboxylic acid groups (broad SMARTS) is 1. The number of hydrogen-bond donors (Lipinski definition) is 3. The summed E-state index contributed by atoms with van der Waals surface area (Å²) in [5.41, 5.74) is 8.08. The van der Waals surface area contributed by atoms with E-state index in [0.717, 1.165) is 10.5 Å². The smallest absolute Gasteiger partial charge is 0.413 e. The fourth-order valence-corrected chi connectivity index (χ4v) is 4.59. The molecule has 1 saturated carbocycles. The van der Waals surface area contributed by atoms with Crippen molar-refractivity contribution in [1.82, 2.24) is 9.97 Å². The molecule has 1 aliphatic heterocycles. The molecule has 1 aromatic carbocycles. The fraction of sp³-hybridized carbons (Fsp3) is 0.348. The standard InChI is InChI=1S/C23H22F3N5O3/c1-10-15(8-30-22-20(10)28-2-3-34-22)14-6-11-7-17(29-9-16(11)19(27)18(14)24)31(23(32)33)13-4-12(5-13)21(25)26/h6-9,12-13,21,28H,2-5,27H2,1H3,(H,32,33). The maximum Gasteiger partial charge on any atom is 0.413 e. The minimum atomic E-state index is -2.49.